The molecule has 15 heteroatoms. The van der Waals surface area contributed by atoms with E-state index in [1.807, 2.05) is 69.2 Å². The van der Waals surface area contributed by atoms with Crippen LogP contribution in [0.3, 0.4) is 0 Å². The van der Waals surface area contributed by atoms with Gasteiger partial charge < -0.3 is 53.3 Å². The number of ether oxygens (including phenoxy) is 9. The van der Waals surface area contributed by atoms with Crippen molar-refractivity contribution in [1.29, 1.82) is 0 Å². The molecule has 1 fully saturated rings. The topological polar surface area (TPSA) is 175 Å². The van der Waals surface area contributed by atoms with Crippen LogP contribution >= 0.6 is 0 Å². The molecule has 430 valence electrons. The molecular formula is C58H110N2O13. The molecule has 2 N–H and O–H groups in total. The van der Waals surface area contributed by atoms with Crippen molar-refractivity contribution in [3.8, 4) is 0 Å². The highest BCUT2D eigenvalue weighted by molar-refractivity contribution is 5.79. The van der Waals surface area contributed by atoms with Gasteiger partial charge in [-0.1, -0.05) is 95.9 Å². The lowest BCUT2D eigenvalue weighted by Crippen LogP contribution is -2.69. The van der Waals surface area contributed by atoms with E-state index in [-0.39, 0.29) is 63.0 Å². The first-order valence-corrected chi connectivity index (χ1v) is 28.0. The summed E-state index contributed by atoms with van der Waals surface area (Å²) in [5.74, 6) is -0.918. The van der Waals surface area contributed by atoms with Crippen LogP contribution in [0.25, 0.3) is 0 Å². The van der Waals surface area contributed by atoms with Crippen molar-refractivity contribution in [2.75, 3.05) is 60.5 Å². The molecule has 1 saturated heterocycles. The van der Waals surface area contributed by atoms with Crippen molar-refractivity contribution >= 4 is 24.1 Å². The van der Waals surface area contributed by atoms with E-state index < -0.39 is 80.3 Å². The Hall–Kier alpha value is -2.72. The van der Waals surface area contributed by atoms with Crippen LogP contribution in [-0.2, 0) is 52.2 Å². The minimum Gasteiger partial charge on any atom is -0.463 e. The van der Waals surface area contributed by atoms with Crippen LogP contribution in [0.15, 0.2) is 0 Å². The van der Waals surface area contributed by atoms with Gasteiger partial charge in [0.1, 0.15) is 13.2 Å². The number of methoxy groups -OCH3 is 2. The third-order valence-corrected chi connectivity index (χ3v) is 19.0. The highest BCUT2D eigenvalue weighted by Crippen LogP contribution is 2.65. The zero-order valence-corrected chi connectivity index (χ0v) is 50.7. The Bertz CT molecular complexity index is 1700. The van der Waals surface area contributed by atoms with Gasteiger partial charge in [-0.3, -0.25) is 9.59 Å². The minimum absolute atomic E-state index is 0.0222. The van der Waals surface area contributed by atoms with Gasteiger partial charge in [-0.05, 0) is 131 Å². The molecule has 1 rings (SSSR count). The van der Waals surface area contributed by atoms with E-state index in [0.29, 0.717) is 45.1 Å². The highest BCUT2D eigenvalue weighted by atomic mass is 16.6. The van der Waals surface area contributed by atoms with Crippen molar-refractivity contribution in [1.82, 2.24) is 10.6 Å². The molecule has 2 amide bonds. The van der Waals surface area contributed by atoms with Crippen molar-refractivity contribution in [2.24, 2.45) is 39.4 Å². The number of rotatable bonds is 21. The normalized spacial score (nSPS) is 33.4. The summed E-state index contributed by atoms with van der Waals surface area (Å²) in [6.45, 7) is 43.5. The maximum absolute atomic E-state index is 15.4. The van der Waals surface area contributed by atoms with E-state index in [9.17, 15) is 9.59 Å². The summed E-state index contributed by atoms with van der Waals surface area (Å²) in [5, 5.41) is 5.86. The lowest BCUT2D eigenvalue weighted by molar-refractivity contribution is -0.266. The first-order valence-electron chi connectivity index (χ1n) is 28.0. The Balaban J connectivity index is 4.36. The van der Waals surface area contributed by atoms with Gasteiger partial charge in [0.25, 0.3) is 0 Å². The maximum atomic E-state index is 15.4. The van der Waals surface area contributed by atoms with Crippen molar-refractivity contribution in [3.05, 3.63) is 0 Å². The van der Waals surface area contributed by atoms with E-state index in [0.717, 1.165) is 25.7 Å². The van der Waals surface area contributed by atoms with Crippen LogP contribution in [0.1, 0.15) is 210 Å². The fourth-order valence-electron chi connectivity index (χ4n) is 11.7. The number of nitrogens with one attached hydrogen (secondary N) is 2. The molecule has 11 unspecified atom stereocenters. The van der Waals surface area contributed by atoms with Crippen molar-refractivity contribution < 1.29 is 61.8 Å². The molecule has 0 bridgehead atoms. The second kappa shape index (κ2) is 28.6. The summed E-state index contributed by atoms with van der Waals surface area (Å²) in [6.07, 6.45) is 4.51. The van der Waals surface area contributed by atoms with Gasteiger partial charge in [0, 0.05) is 17.9 Å². The van der Waals surface area contributed by atoms with E-state index in [1.54, 1.807) is 7.11 Å². The quantitative estimate of drug-likeness (QED) is 0.0821. The summed E-state index contributed by atoms with van der Waals surface area (Å²) >= 11 is 0. The molecule has 0 radical (unpaired) electrons. The number of carbonyl (C=O) groups is 4. The first kappa shape index (κ1) is 68.3. The number of esters is 2. The Kier molecular flexibility index (Phi) is 26.8. The standard InChI is InChI=1S/C58H110N2O13/c1-24-44-45(25-2)55(18,29-6)73-40-43(60-49(64)69-36-41(9)10)38-68-47(62)54(17,28-5)57(20,31-8)58(21,71-34-32-50(11,12)70-35-33-52(15,26-3)66-23)56(19,30-7)53(16,27-4)46(61)67-37-42(59-48(63)65-22)39-72-51(44,13)14/h41-45H,24-40H2,1-23H3,(H,59,63)(H,60,64). The van der Waals surface area contributed by atoms with Crippen LogP contribution in [0.4, 0.5) is 9.59 Å². The zero-order chi connectivity index (χ0) is 56.5. The monoisotopic (exact) mass is 1040 g/mol. The summed E-state index contributed by atoms with van der Waals surface area (Å²) in [4.78, 5) is 57.1. The average molecular weight is 1040 g/mol. The third kappa shape index (κ3) is 16.2. The van der Waals surface area contributed by atoms with Gasteiger partial charge in [-0.25, -0.2) is 9.59 Å². The second-order valence-electron chi connectivity index (χ2n) is 24.0. The lowest BCUT2D eigenvalue weighted by Gasteiger charge is -2.64. The number of amides is 2. The summed E-state index contributed by atoms with van der Waals surface area (Å²) in [7, 11) is 3.02. The molecule has 0 aromatic carbocycles. The van der Waals surface area contributed by atoms with E-state index in [4.69, 9.17) is 42.6 Å². The van der Waals surface area contributed by atoms with Crippen molar-refractivity contribution in [3.63, 3.8) is 0 Å². The molecular weight excluding hydrogens is 933 g/mol. The molecule has 0 aliphatic carbocycles. The fourth-order valence-corrected chi connectivity index (χ4v) is 11.7. The number of cyclic esters (lactones) is 2. The predicted molar refractivity (Wildman–Crippen MR) is 290 cm³/mol. The molecule has 0 saturated carbocycles. The number of hydrogen-bond donors (Lipinski definition) is 2. The van der Waals surface area contributed by atoms with Gasteiger partial charge in [0.05, 0.1) is 91.1 Å². The van der Waals surface area contributed by atoms with Crippen LogP contribution in [0.5, 0.6) is 0 Å². The largest absolute Gasteiger partial charge is 0.463 e. The van der Waals surface area contributed by atoms with Crippen LogP contribution in [0, 0.1) is 39.4 Å². The molecule has 0 aromatic rings. The summed E-state index contributed by atoms with van der Waals surface area (Å²) < 4.78 is 57.2. The van der Waals surface area contributed by atoms with Crippen LogP contribution < -0.4 is 10.6 Å². The Labute approximate surface area is 444 Å². The molecule has 15 nitrogen and oxygen atoms in total. The summed E-state index contributed by atoms with van der Waals surface area (Å²) in [6, 6.07) is -1.54. The van der Waals surface area contributed by atoms with E-state index in [2.05, 4.69) is 86.8 Å². The fraction of sp³-hybridized carbons (Fsp3) is 0.931. The molecule has 0 spiro atoms. The number of hydrogen-bond acceptors (Lipinski definition) is 13. The Morgan fingerprint density at radius 3 is 1.52 bits per heavy atom. The molecule has 73 heavy (non-hydrogen) atoms. The molecule has 0 aromatic heterocycles. The van der Waals surface area contributed by atoms with Gasteiger partial charge in [-0.15, -0.1) is 0 Å². The van der Waals surface area contributed by atoms with Gasteiger partial charge >= 0.3 is 24.1 Å². The van der Waals surface area contributed by atoms with Gasteiger partial charge in [-0.2, -0.15) is 0 Å². The molecule has 1 aliphatic heterocycles. The van der Waals surface area contributed by atoms with Crippen LogP contribution in [-0.4, -0.2) is 125 Å². The maximum Gasteiger partial charge on any atom is 0.407 e. The average Bonchev–Trinajstić information content (AvgIpc) is 3.36. The third-order valence-electron chi connectivity index (χ3n) is 19.0. The lowest BCUT2D eigenvalue weighted by atomic mass is 9.43. The SMILES string of the molecule is CCC1C(CC)C(C)(CC)OCC(NC(=O)OCC(C)C)COC(=O)C(C)(CC)C(C)(CC)C(C)(OCCC(C)(C)OCCC(C)(CC)OC)C(C)(CC)C(C)(CC)C(=O)OCC(NC(=O)OC)COC1(C)C. The summed E-state index contributed by atoms with van der Waals surface area (Å²) in [5.41, 5.74) is -8.10. The van der Waals surface area contributed by atoms with E-state index >= 15 is 9.59 Å². The number of alkyl carbamates (subject to hydrolysis) is 2. The molecule has 1 heterocycles. The van der Waals surface area contributed by atoms with Crippen molar-refractivity contribution in [2.45, 2.75) is 250 Å². The first-order chi connectivity index (χ1) is 33.7. The minimum atomic E-state index is -1.24. The highest BCUT2D eigenvalue weighted by Gasteiger charge is 2.70. The Morgan fingerprint density at radius 2 is 1.12 bits per heavy atom. The van der Waals surface area contributed by atoms with Gasteiger partial charge in [0.2, 0.25) is 0 Å². The second-order valence-corrected chi connectivity index (χ2v) is 24.0. The predicted octanol–water partition coefficient (Wildman–Crippen LogP) is 12.4. The molecule has 11 atom stereocenters. The smallest absolute Gasteiger partial charge is 0.407 e. The zero-order valence-electron chi connectivity index (χ0n) is 50.7. The van der Waals surface area contributed by atoms with E-state index in [1.165, 1.54) is 7.11 Å². The Morgan fingerprint density at radius 1 is 0.644 bits per heavy atom. The molecule has 1 aliphatic rings. The van der Waals surface area contributed by atoms with Gasteiger partial charge in [0.15, 0.2) is 0 Å². The van der Waals surface area contributed by atoms with Crippen LogP contribution in [0.2, 0.25) is 0 Å². The number of carbonyl (C=O) groups excluding carboxylic acids is 4.